The lowest BCUT2D eigenvalue weighted by atomic mass is 9.85. The normalized spacial score (nSPS) is 23.0. The molecule has 1 heterocycles. The van der Waals surface area contributed by atoms with E-state index in [-0.39, 0.29) is 0 Å². The molecule has 3 rings (SSSR count). The van der Waals surface area contributed by atoms with E-state index in [9.17, 15) is 19.7 Å². The number of esters is 1. The minimum absolute atomic E-state index is 0.453. The molecule has 9 nitrogen and oxygen atoms in total. The number of hydrogen-bond acceptors (Lipinski definition) is 7. The molecule has 0 radical (unpaired) electrons. The van der Waals surface area contributed by atoms with Gasteiger partial charge in [-0.25, -0.2) is 9.59 Å². The fraction of sp³-hybridized carbons (Fsp3) is 0.333. The quantitative estimate of drug-likeness (QED) is 0.420. The van der Waals surface area contributed by atoms with Crippen LogP contribution >= 0.6 is 0 Å². The first kappa shape index (κ1) is 21.1. The van der Waals surface area contributed by atoms with Gasteiger partial charge >= 0.3 is 12.1 Å². The van der Waals surface area contributed by atoms with E-state index < -0.39 is 41.0 Å². The van der Waals surface area contributed by atoms with Crippen LogP contribution in [0.3, 0.4) is 0 Å². The number of benzene rings is 2. The predicted molar refractivity (Wildman–Crippen MR) is 106 cm³/mol. The topological polar surface area (TPSA) is 108 Å². The lowest BCUT2D eigenvalue weighted by molar-refractivity contribution is -0.528. The molecule has 1 aliphatic heterocycles. The maximum Gasteiger partial charge on any atom is 0.411 e. The summed E-state index contributed by atoms with van der Waals surface area (Å²) in [5.74, 6) is -1.15. The molecular weight excluding hydrogens is 392 g/mol. The molecule has 1 saturated heterocycles. The number of carbonyl (C=O) groups excluding carboxylic acids is 2. The SMILES string of the molecule is COC(=O)[C@@H]1[C@@H](c2ccc(OC)cc2)C([N+](=O)[O-])[C@H](c2ccccc2)N1C(=O)OC. The summed E-state index contributed by atoms with van der Waals surface area (Å²) >= 11 is 0. The van der Waals surface area contributed by atoms with Crippen molar-refractivity contribution in [3.63, 3.8) is 0 Å². The number of nitro groups is 1. The van der Waals surface area contributed by atoms with Crippen LogP contribution in [0.15, 0.2) is 54.6 Å². The summed E-state index contributed by atoms with van der Waals surface area (Å²) in [6.07, 6.45) is -0.845. The van der Waals surface area contributed by atoms with Gasteiger partial charge in [-0.15, -0.1) is 0 Å². The molecule has 158 valence electrons. The first-order valence-corrected chi connectivity index (χ1v) is 9.21. The van der Waals surface area contributed by atoms with Crippen molar-refractivity contribution in [3.8, 4) is 5.75 Å². The summed E-state index contributed by atoms with van der Waals surface area (Å²) in [6.45, 7) is 0. The summed E-state index contributed by atoms with van der Waals surface area (Å²) < 4.78 is 15.0. The lowest BCUT2D eigenvalue weighted by Gasteiger charge is -2.27. The van der Waals surface area contributed by atoms with E-state index in [1.165, 1.54) is 21.3 Å². The van der Waals surface area contributed by atoms with Crippen LogP contribution in [0.25, 0.3) is 0 Å². The summed E-state index contributed by atoms with van der Waals surface area (Å²) in [5.41, 5.74) is 1.04. The Kier molecular flexibility index (Phi) is 6.20. The highest BCUT2D eigenvalue weighted by Crippen LogP contribution is 2.47. The predicted octanol–water partition coefficient (Wildman–Crippen LogP) is 2.79. The van der Waals surface area contributed by atoms with Crippen molar-refractivity contribution in [1.82, 2.24) is 4.90 Å². The van der Waals surface area contributed by atoms with Crippen LogP contribution < -0.4 is 4.74 Å². The molecular formula is C21H22N2O7. The molecule has 9 heteroatoms. The van der Waals surface area contributed by atoms with E-state index in [0.717, 1.165) is 4.90 Å². The third kappa shape index (κ3) is 3.66. The van der Waals surface area contributed by atoms with E-state index in [0.29, 0.717) is 16.9 Å². The third-order valence-electron chi connectivity index (χ3n) is 5.34. The lowest BCUT2D eigenvalue weighted by Crippen LogP contribution is -2.44. The second-order valence-electron chi connectivity index (χ2n) is 6.78. The Hall–Kier alpha value is -3.62. The molecule has 30 heavy (non-hydrogen) atoms. The molecule has 0 saturated carbocycles. The van der Waals surface area contributed by atoms with Crippen molar-refractivity contribution in [2.45, 2.75) is 24.0 Å². The van der Waals surface area contributed by atoms with Crippen molar-refractivity contribution in [2.24, 2.45) is 0 Å². The van der Waals surface area contributed by atoms with Crippen LogP contribution in [0.5, 0.6) is 5.75 Å². The van der Waals surface area contributed by atoms with Crippen LogP contribution in [-0.4, -0.2) is 55.3 Å². The molecule has 0 N–H and O–H groups in total. The molecule has 0 aliphatic carbocycles. The number of rotatable bonds is 5. The standard InChI is InChI=1S/C21H22N2O7/c1-28-15-11-9-13(10-12-15)16-18(23(26)27)17(14-7-5-4-6-8-14)22(21(25)30-3)19(16)20(24)29-2/h4-12,16-19H,1-3H3/t16-,17-,18?,19-/m0/s1. The van der Waals surface area contributed by atoms with Gasteiger partial charge in [0.05, 0.1) is 27.2 Å². The number of likely N-dealkylation sites (tertiary alicyclic amines) is 1. The highest BCUT2D eigenvalue weighted by atomic mass is 16.6. The smallest absolute Gasteiger partial charge is 0.411 e. The van der Waals surface area contributed by atoms with Crippen molar-refractivity contribution in [2.75, 3.05) is 21.3 Å². The van der Waals surface area contributed by atoms with Crippen molar-refractivity contribution < 1.29 is 28.7 Å². The van der Waals surface area contributed by atoms with Crippen molar-refractivity contribution in [1.29, 1.82) is 0 Å². The number of hydrogen-bond donors (Lipinski definition) is 0. The molecule has 1 fully saturated rings. The second kappa shape index (κ2) is 8.81. The van der Waals surface area contributed by atoms with E-state index in [1.807, 2.05) is 0 Å². The van der Waals surface area contributed by atoms with E-state index in [1.54, 1.807) is 54.6 Å². The zero-order valence-corrected chi connectivity index (χ0v) is 16.8. The maximum atomic E-state index is 12.8. The maximum absolute atomic E-state index is 12.8. The Bertz CT molecular complexity index is 917. The van der Waals surface area contributed by atoms with Gasteiger partial charge in [0.15, 0.2) is 0 Å². The van der Waals surface area contributed by atoms with Crippen LogP contribution in [-0.2, 0) is 14.3 Å². The molecule has 0 spiro atoms. The van der Waals surface area contributed by atoms with Crippen LogP contribution in [0, 0.1) is 10.1 Å². The molecule has 1 amide bonds. The minimum atomic E-state index is -1.30. The van der Waals surface area contributed by atoms with Gasteiger partial charge < -0.3 is 14.2 Å². The number of carbonyl (C=O) groups is 2. The number of nitrogens with zero attached hydrogens (tertiary/aromatic N) is 2. The van der Waals surface area contributed by atoms with Gasteiger partial charge in [-0.1, -0.05) is 42.5 Å². The van der Waals surface area contributed by atoms with Crippen molar-refractivity contribution >= 4 is 12.1 Å². The van der Waals surface area contributed by atoms with Crippen LogP contribution in [0.1, 0.15) is 23.1 Å². The molecule has 1 unspecified atom stereocenters. The zero-order chi connectivity index (χ0) is 21.8. The minimum Gasteiger partial charge on any atom is -0.497 e. The Morgan fingerprint density at radius 1 is 0.933 bits per heavy atom. The summed E-state index contributed by atoms with van der Waals surface area (Å²) in [5, 5.41) is 12.3. The third-order valence-corrected chi connectivity index (χ3v) is 5.34. The monoisotopic (exact) mass is 414 g/mol. The molecule has 2 aromatic rings. The molecule has 0 bridgehead atoms. The highest BCUT2D eigenvalue weighted by molar-refractivity contribution is 5.84. The first-order valence-electron chi connectivity index (χ1n) is 9.21. The largest absolute Gasteiger partial charge is 0.497 e. The Balaban J connectivity index is 2.23. The Labute approximate surface area is 173 Å². The van der Waals surface area contributed by atoms with E-state index in [2.05, 4.69) is 0 Å². The summed E-state index contributed by atoms with van der Waals surface area (Å²) in [7, 11) is 3.85. The van der Waals surface area contributed by atoms with Gasteiger partial charge in [0.2, 0.25) is 6.04 Å². The first-order chi connectivity index (χ1) is 14.4. The summed E-state index contributed by atoms with van der Waals surface area (Å²) in [4.78, 5) is 38.4. The number of methoxy groups -OCH3 is 3. The van der Waals surface area contributed by atoms with Gasteiger partial charge in [-0.05, 0) is 23.3 Å². The van der Waals surface area contributed by atoms with Gasteiger partial charge in [0.25, 0.3) is 0 Å². The number of amides is 1. The van der Waals surface area contributed by atoms with Gasteiger partial charge in [-0.3, -0.25) is 15.0 Å². The average molecular weight is 414 g/mol. The average Bonchev–Trinajstić information content (AvgIpc) is 3.15. The number of ether oxygens (including phenoxy) is 3. The Morgan fingerprint density at radius 2 is 1.57 bits per heavy atom. The fourth-order valence-corrected chi connectivity index (χ4v) is 4.07. The molecule has 1 aliphatic rings. The van der Waals surface area contributed by atoms with Gasteiger partial charge in [0, 0.05) is 4.92 Å². The zero-order valence-electron chi connectivity index (χ0n) is 16.8. The second-order valence-corrected chi connectivity index (χ2v) is 6.78. The van der Waals surface area contributed by atoms with E-state index >= 15 is 0 Å². The van der Waals surface area contributed by atoms with Crippen molar-refractivity contribution in [3.05, 3.63) is 75.8 Å². The molecule has 2 aromatic carbocycles. The van der Waals surface area contributed by atoms with Crippen LogP contribution in [0.2, 0.25) is 0 Å². The van der Waals surface area contributed by atoms with Crippen LogP contribution in [0.4, 0.5) is 4.79 Å². The van der Waals surface area contributed by atoms with Gasteiger partial charge in [0.1, 0.15) is 17.8 Å². The van der Waals surface area contributed by atoms with Gasteiger partial charge in [-0.2, -0.15) is 0 Å². The molecule has 0 aromatic heterocycles. The highest BCUT2D eigenvalue weighted by Gasteiger charge is 2.61. The fourth-order valence-electron chi connectivity index (χ4n) is 4.07. The Morgan fingerprint density at radius 3 is 2.07 bits per heavy atom. The molecule has 4 atom stereocenters. The summed E-state index contributed by atoms with van der Waals surface area (Å²) in [6, 6.07) is 11.6. The van der Waals surface area contributed by atoms with E-state index in [4.69, 9.17) is 14.2 Å².